The van der Waals surface area contributed by atoms with Crippen LogP contribution in [0.4, 0.5) is 0 Å². The van der Waals surface area contributed by atoms with Gasteiger partial charge in [-0.1, -0.05) is 50.6 Å². The van der Waals surface area contributed by atoms with E-state index in [1.165, 1.54) is 6.07 Å². The van der Waals surface area contributed by atoms with Crippen molar-refractivity contribution in [2.75, 3.05) is 0 Å². The SMILES string of the molecule is CC[C@H](C)[C@H](N=C1NS(=O)(=O)c2ccccc21)C(=O)NNC(=O)c1cn(C)c2ccccc12. The number of amidine groups is 1. The molecule has 2 aromatic carbocycles. The van der Waals surface area contributed by atoms with Gasteiger partial charge in [0, 0.05) is 29.7 Å². The second-order valence-corrected chi connectivity index (χ2v) is 9.67. The lowest BCUT2D eigenvalue weighted by atomic mass is 9.99. The van der Waals surface area contributed by atoms with Crippen LogP contribution >= 0.6 is 0 Å². The van der Waals surface area contributed by atoms with Crippen LogP contribution < -0.4 is 15.6 Å². The van der Waals surface area contributed by atoms with Crippen LogP contribution in [0.5, 0.6) is 0 Å². The maximum absolute atomic E-state index is 13.0. The van der Waals surface area contributed by atoms with Crippen molar-refractivity contribution in [2.24, 2.45) is 18.0 Å². The predicted molar refractivity (Wildman–Crippen MR) is 125 cm³/mol. The summed E-state index contributed by atoms with van der Waals surface area (Å²) in [6, 6.07) is 13.0. The molecule has 0 aliphatic carbocycles. The molecule has 0 unspecified atom stereocenters. The summed E-state index contributed by atoms with van der Waals surface area (Å²) < 4.78 is 29.0. The highest BCUT2D eigenvalue weighted by molar-refractivity contribution is 7.90. The van der Waals surface area contributed by atoms with E-state index in [-0.39, 0.29) is 16.6 Å². The van der Waals surface area contributed by atoms with E-state index in [0.29, 0.717) is 17.5 Å². The smallest absolute Gasteiger partial charge is 0.271 e. The number of amides is 2. The molecule has 1 aromatic heterocycles. The lowest BCUT2D eigenvalue weighted by Gasteiger charge is -2.19. The molecule has 2 heterocycles. The van der Waals surface area contributed by atoms with Gasteiger partial charge in [-0.2, -0.15) is 0 Å². The highest BCUT2D eigenvalue weighted by atomic mass is 32.2. The van der Waals surface area contributed by atoms with Crippen LogP contribution in [0.25, 0.3) is 10.9 Å². The van der Waals surface area contributed by atoms with Crippen molar-refractivity contribution in [3.63, 3.8) is 0 Å². The van der Waals surface area contributed by atoms with Crippen LogP contribution in [0.1, 0.15) is 36.2 Å². The quantitative estimate of drug-likeness (QED) is 0.498. The highest BCUT2D eigenvalue weighted by Crippen LogP contribution is 2.24. The first kappa shape index (κ1) is 22.5. The molecule has 3 N–H and O–H groups in total. The van der Waals surface area contributed by atoms with Gasteiger partial charge in [-0.15, -0.1) is 0 Å². The van der Waals surface area contributed by atoms with Gasteiger partial charge in [0.1, 0.15) is 11.9 Å². The number of aryl methyl sites for hydroxylation is 1. The number of aromatic nitrogens is 1. The molecule has 1 aliphatic heterocycles. The van der Waals surface area contributed by atoms with Crippen LogP contribution in [0.3, 0.4) is 0 Å². The number of nitrogens with one attached hydrogen (secondary N) is 3. The molecule has 3 aromatic rings. The molecule has 1 aliphatic rings. The average molecular weight is 468 g/mol. The van der Waals surface area contributed by atoms with Gasteiger partial charge in [0.15, 0.2) is 0 Å². The summed E-state index contributed by atoms with van der Waals surface area (Å²) in [6.45, 7) is 3.75. The first-order chi connectivity index (χ1) is 15.7. The second-order valence-electron chi connectivity index (χ2n) is 8.02. The molecule has 0 fully saturated rings. The fraction of sp³-hybridized carbons (Fsp3) is 0.261. The number of aliphatic imine (C=N–C) groups is 1. The summed E-state index contributed by atoms with van der Waals surface area (Å²) >= 11 is 0. The predicted octanol–water partition coefficient (Wildman–Crippen LogP) is 2.09. The van der Waals surface area contributed by atoms with Crippen molar-refractivity contribution < 1.29 is 18.0 Å². The Morgan fingerprint density at radius 3 is 2.55 bits per heavy atom. The zero-order chi connectivity index (χ0) is 23.8. The van der Waals surface area contributed by atoms with Gasteiger partial charge in [-0.3, -0.25) is 30.2 Å². The molecule has 0 bridgehead atoms. The van der Waals surface area contributed by atoms with Gasteiger partial charge >= 0.3 is 0 Å². The molecule has 0 saturated carbocycles. The Bertz CT molecular complexity index is 1380. The zero-order valence-electron chi connectivity index (χ0n) is 18.5. The Morgan fingerprint density at radius 1 is 1.09 bits per heavy atom. The third-order valence-corrected chi connectivity index (χ3v) is 7.22. The van der Waals surface area contributed by atoms with E-state index in [2.05, 4.69) is 20.6 Å². The van der Waals surface area contributed by atoms with E-state index < -0.39 is 27.9 Å². The Balaban J connectivity index is 1.56. The molecular formula is C23H25N5O4S. The fourth-order valence-corrected chi connectivity index (χ4v) is 5.06. The average Bonchev–Trinajstić information content (AvgIpc) is 3.29. The summed E-state index contributed by atoms with van der Waals surface area (Å²) in [5.74, 6) is -1.08. The van der Waals surface area contributed by atoms with E-state index in [4.69, 9.17) is 0 Å². The Labute approximate surface area is 191 Å². The van der Waals surface area contributed by atoms with E-state index >= 15 is 0 Å². The molecule has 9 nitrogen and oxygen atoms in total. The molecule has 4 rings (SSSR count). The first-order valence-electron chi connectivity index (χ1n) is 10.6. The van der Waals surface area contributed by atoms with Crippen LogP contribution in [0.15, 0.2) is 64.6 Å². The van der Waals surface area contributed by atoms with Gasteiger partial charge in [0.05, 0.1) is 10.5 Å². The van der Waals surface area contributed by atoms with Crippen LogP contribution in [-0.2, 0) is 21.9 Å². The lowest BCUT2D eigenvalue weighted by Crippen LogP contribution is -2.48. The van der Waals surface area contributed by atoms with Gasteiger partial charge in [-0.05, 0) is 24.1 Å². The van der Waals surface area contributed by atoms with Crippen molar-refractivity contribution in [3.05, 3.63) is 65.9 Å². The van der Waals surface area contributed by atoms with Gasteiger partial charge in [0.25, 0.3) is 21.8 Å². The lowest BCUT2D eigenvalue weighted by molar-refractivity contribution is -0.124. The normalized spacial score (nSPS) is 17.2. The zero-order valence-corrected chi connectivity index (χ0v) is 19.3. The number of rotatable bonds is 5. The van der Waals surface area contributed by atoms with E-state index in [1.807, 2.05) is 49.7 Å². The maximum atomic E-state index is 13.0. The largest absolute Gasteiger partial charge is 0.350 e. The molecule has 33 heavy (non-hydrogen) atoms. The van der Waals surface area contributed by atoms with Crippen molar-refractivity contribution in [2.45, 2.75) is 31.2 Å². The molecule has 2 atom stereocenters. The van der Waals surface area contributed by atoms with Gasteiger partial charge in [-0.25, -0.2) is 8.42 Å². The molecule has 2 amide bonds. The number of para-hydroxylation sites is 1. The molecule has 0 spiro atoms. The number of benzene rings is 2. The number of sulfonamides is 1. The van der Waals surface area contributed by atoms with Crippen LogP contribution in [-0.4, -0.2) is 36.7 Å². The highest BCUT2D eigenvalue weighted by Gasteiger charge is 2.33. The minimum Gasteiger partial charge on any atom is -0.350 e. The summed E-state index contributed by atoms with van der Waals surface area (Å²) in [4.78, 5) is 30.3. The van der Waals surface area contributed by atoms with Gasteiger partial charge in [0.2, 0.25) is 0 Å². The molecule has 10 heteroatoms. The topological polar surface area (TPSA) is 122 Å². The summed E-state index contributed by atoms with van der Waals surface area (Å²) in [5.41, 5.74) is 6.66. The minimum atomic E-state index is -3.72. The molecule has 0 saturated heterocycles. The van der Waals surface area contributed by atoms with E-state index in [1.54, 1.807) is 24.4 Å². The monoisotopic (exact) mass is 467 g/mol. The Morgan fingerprint density at radius 2 is 1.79 bits per heavy atom. The number of nitrogens with zero attached hydrogens (tertiary/aromatic N) is 2. The number of carbonyl (C=O) groups is 2. The summed E-state index contributed by atoms with van der Waals surface area (Å²) in [7, 11) is -1.88. The number of hydrogen-bond donors (Lipinski definition) is 3. The Kier molecular flexibility index (Phi) is 5.94. The molecule has 172 valence electrons. The van der Waals surface area contributed by atoms with Crippen molar-refractivity contribution in [1.29, 1.82) is 0 Å². The summed E-state index contributed by atoms with van der Waals surface area (Å²) in [6.07, 6.45) is 2.32. The number of fused-ring (bicyclic) bond motifs is 2. The summed E-state index contributed by atoms with van der Waals surface area (Å²) in [5, 5.41) is 0.766. The maximum Gasteiger partial charge on any atom is 0.271 e. The van der Waals surface area contributed by atoms with E-state index in [9.17, 15) is 18.0 Å². The van der Waals surface area contributed by atoms with Crippen molar-refractivity contribution in [3.8, 4) is 0 Å². The first-order valence-corrected chi connectivity index (χ1v) is 12.1. The second kappa shape index (κ2) is 8.70. The van der Waals surface area contributed by atoms with Crippen LogP contribution in [0, 0.1) is 5.92 Å². The van der Waals surface area contributed by atoms with Crippen molar-refractivity contribution in [1.82, 2.24) is 20.1 Å². The Hall–Kier alpha value is -3.66. The third kappa shape index (κ3) is 4.21. The minimum absolute atomic E-state index is 0.117. The van der Waals surface area contributed by atoms with Crippen LogP contribution in [0.2, 0.25) is 0 Å². The van der Waals surface area contributed by atoms with E-state index in [0.717, 1.165) is 10.9 Å². The molecular weight excluding hydrogens is 442 g/mol. The fourth-order valence-electron chi connectivity index (χ4n) is 3.82. The number of hydrogen-bond acceptors (Lipinski definition) is 5. The number of hydrazine groups is 1. The molecule has 0 radical (unpaired) electrons. The number of carbonyl (C=O) groups excluding carboxylic acids is 2. The van der Waals surface area contributed by atoms with Gasteiger partial charge < -0.3 is 4.57 Å². The third-order valence-electron chi connectivity index (χ3n) is 5.82. The standard InChI is InChI=1S/C23H25N5O4S/c1-4-14(2)20(24-21-16-10-6-8-12-19(16)33(31,32)27-21)23(30)26-25-22(29)17-13-28(3)18-11-7-5-9-15(17)18/h5-14,20H,4H2,1-3H3,(H,24,27)(H,25,29)(H,26,30)/t14-,20-/m0/s1. The van der Waals surface area contributed by atoms with Crippen molar-refractivity contribution >= 4 is 38.6 Å².